The van der Waals surface area contributed by atoms with E-state index < -0.39 is 64.1 Å². The van der Waals surface area contributed by atoms with E-state index in [9.17, 15) is 53.6 Å². The van der Waals surface area contributed by atoms with Gasteiger partial charge in [-0.25, -0.2) is 0 Å². The van der Waals surface area contributed by atoms with Crippen LogP contribution in [0, 0.1) is 6.92 Å². The number of aryl methyl sites for hydroxylation is 1. The molecular formula is C22H21F9N2O3S. The first-order chi connectivity index (χ1) is 16.7. The zero-order valence-corrected chi connectivity index (χ0v) is 20.0. The molecule has 1 amide bonds. The van der Waals surface area contributed by atoms with E-state index in [1.165, 1.54) is 31.4 Å². The van der Waals surface area contributed by atoms with E-state index >= 15 is 0 Å². The van der Waals surface area contributed by atoms with Gasteiger partial charge in [-0.05, 0) is 53.9 Å². The molecule has 206 valence electrons. The molecule has 2 rings (SSSR count). The van der Waals surface area contributed by atoms with Gasteiger partial charge in [-0.1, -0.05) is 6.07 Å². The number of halogens is 9. The van der Waals surface area contributed by atoms with Crippen LogP contribution >= 0.6 is 0 Å². The van der Waals surface area contributed by atoms with E-state index in [4.69, 9.17) is 0 Å². The highest BCUT2D eigenvalue weighted by Crippen LogP contribution is 2.44. The highest BCUT2D eigenvalue weighted by molar-refractivity contribution is 7.85. The monoisotopic (exact) mass is 564 g/mol. The fraction of sp³-hybridized carbons (Fsp3) is 0.409. The number of aliphatic hydroxyl groups is 1. The summed E-state index contributed by atoms with van der Waals surface area (Å²) in [5, 5.41) is 15.1. The molecule has 37 heavy (non-hydrogen) atoms. The summed E-state index contributed by atoms with van der Waals surface area (Å²) in [5.41, 5.74) is -8.82. The zero-order valence-electron chi connectivity index (χ0n) is 19.2. The predicted octanol–water partition coefficient (Wildman–Crippen LogP) is 4.89. The van der Waals surface area contributed by atoms with Crippen molar-refractivity contribution in [1.82, 2.24) is 5.32 Å². The van der Waals surface area contributed by atoms with Gasteiger partial charge >= 0.3 is 18.5 Å². The van der Waals surface area contributed by atoms with Crippen molar-refractivity contribution in [2.45, 2.75) is 37.6 Å². The van der Waals surface area contributed by atoms with Gasteiger partial charge in [0.05, 0.1) is 17.7 Å². The Morgan fingerprint density at radius 1 is 0.892 bits per heavy atom. The van der Waals surface area contributed by atoms with E-state index in [1.54, 1.807) is 0 Å². The number of hydrogen-bond donors (Lipinski definition) is 3. The molecule has 0 radical (unpaired) electrons. The number of carbonyl (C=O) groups is 1. The largest absolute Gasteiger partial charge is 0.423 e. The minimum atomic E-state index is -5.66. The summed E-state index contributed by atoms with van der Waals surface area (Å²) < 4.78 is 131. The Hall–Kier alpha value is -2.81. The lowest BCUT2D eigenvalue weighted by molar-refractivity contribution is -0.261. The van der Waals surface area contributed by atoms with Crippen LogP contribution in [0.2, 0.25) is 0 Å². The smallest absolute Gasteiger partial charge is 0.381 e. The fourth-order valence-corrected chi connectivity index (χ4v) is 3.69. The lowest BCUT2D eigenvalue weighted by Crippen LogP contribution is -2.48. The van der Waals surface area contributed by atoms with Crippen LogP contribution in [0.4, 0.5) is 45.2 Å². The number of amides is 1. The molecule has 0 aliphatic carbocycles. The molecule has 2 aromatic rings. The van der Waals surface area contributed by atoms with Crippen molar-refractivity contribution >= 4 is 22.4 Å². The van der Waals surface area contributed by atoms with Crippen LogP contribution in [0.25, 0.3) is 0 Å². The number of hydrogen-bond acceptors (Lipinski definition) is 4. The molecule has 0 unspecified atom stereocenters. The van der Waals surface area contributed by atoms with Gasteiger partial charge in [0, 0.05) is 29.3 Å². The van der Waals surface area contributed by atoms with E-state index in [-0.39, 0.29) is 36.2 Å². The number of anilines is 1. The summed E-state index contributed by atoms with van der Waals surface area (Å²) in [6.45, 7) is 0.0229. The van der Waals surface area contributed by atoms with E-state index in [0.717, 1.165) is 0 Å². The first-order valence-electron chi connectivity index (χ1n) is 10.2. The van der Waals surface area contributed by atoms with Crippen LogP contribution in [0.5, 0.6) is 0 Å². The number of benzene rings is 2. The second-order valence-corrected chi connectivity index (χ2v) is 9.58. The van der Waals surface area contributed by atoms with Crippen LogP contribution in [-0.4, -0.2) is 40.0 Å². The van der Waals surface area contributed by atoms with Crippen LogP contribution in [0.1, 0.15) is 27.8 Å². The van der Waals surface area contributed by atoms with Crippen LogP contribution in [0.3, 0.4) is 0 Å². The third-order valence-electron chi connectivity index (χ3n) is 5.24. The molecule has 0 aliphatic heterocycles. The molecule has 2 aromatic carbocycles. The molecule has 0 saturated heterocycles. The van der Waals surface area contributed by atoms with Crippen molar-refractivity contribution < 1.29 is 53.6 Å². The second-order valence-electron chi connectivity index (χ2n) is 8.14. The Labute approximate surface area is 207 Å². The lowest BCUT2D eigenvalue weighted by Gasteiger charge is -2.32. The van der Waals surface area contributed by atoms with Gasteiger partial charge in [0.25, 0.3) is 0 Å². The summed E-state index contributed by atoms with van der Waals surface area (Å²) in [7, 11) is -1.37. The normalized spacial score (nSPS) is 15.1. The van der Waals surface area contributed by atoms with Gasteiger partial charge in [0.1, 0.15) is 5.75 Å². The third kappa shape index (κ3) is 7.84. The highest BCUT2D eigenvalue weighted by Gasteiger charge is 2.56. The second kappa shape index (κ2) is 10.9. The predicted molar refractivity (Wildman–Crippen MR) is 117 cm³/mol. The molecular weight excluding hydrogens is 543 g/mol. The quantitative estimate of drug-likeness (QED) is 0.399. The lowest BCUT2D eigenvalue weighted by atomic mass is 9.89. The van der Waals surface area contributed by atoms with E-state index in [0.29, 0.717) is 11.1 Å². The standard InChI is InChI=1S/C22H21F9N2O3S/c1-12-5-17(4-3-13(12)9-32-18(34)10-37(2)36)33-11-19(35,22(29,30)31)14-6-15(20(23,24)25)8-16(7-14)21(26,27)28/h3-8,33,35H,9-11H2,1-2H3,(H,32,34)/t19-,37+/m1/s1. The Balaban J connectivity index is 2.36. The van der Waals surface area contributed by atoms with Gasteiger partial charge in [-0.2, -0.15) is 39.5 Å². The van der Waals surface area contributed by atoms with Crippen molar-refractivity contribution in [1.29, 1.82) is 0 Å². The molecule has 15 heteroatoms. The molecule has 5 nitrogen and oxygen atoms in total. The summed E-state index contributed by atoms with van der Waals surface area (Å²) in [4.78, 5) is 11.6. The SMILES string of the molecule is Cc1cc(NC[C@@](O)(c2cc(C(F)(F)F)cc(C(F)(F)F)c2)C(F)(F)F)ccc1CNC(=O)C[S@](C)=O. The van der Waals surface area contributed by atoms with Crippen LogP contribution < -0.4 is 10.6 Å². The zero-order chi connectivity index (χ0) is 28.4. The minimum absolute atomic E-state index is 0.000904. The molecule has 0 saturated carbocycles. The van der Waals surface area contributed by atoms with Gasteiger partial charge in [0.15, 0.2) is 0 Å². The maximum absolute atomic E-state index is 13.8. The summed E-state index contributed by atoms with van der Waals surface area (Å²) >= 11 is 0. The molecule has 0 bridgehead atoms. The Kier molecular flexibility index (Phi) is 8.95. The summed E-state index contributed by atoms with van der Waals surface area (Å²) in [5.74, 6) is -0.739. The molecule has 3 N–H and O–H groups in total. The fourth-order valence-electron chi connectivity index (χ4n) is 3.22. The summed E-state index contributed by atoms with van der Waals surface area (Å²) in [6, 6.07) is 3.27. The van der Waals surface area contributed by atoms with Crippen LogP contribution in [-0.2, 0) is 40.1 Å². The molecule has 0 fully saturated rings. The first kappa shape index (κ1) is 30.4. The van der Waals surface area contributed by atoms with E-state index in [2.05, 4.69) is 10.6 Å². The first-order valence-corrected chi connectivity index (χ1v) is 12.0. The minimum Gasteiger partial charge on any atom is -0.381 e. The highest BCUT2D eigenvalue weighted by atomic mass is 32.2. The van der Waals surface area contributed by atoms with Crippen molar-refractivity contribution in [2.75, 3.05) is 23.9 Å². The average molecular weight is 564 g/mol. The Morgan fingerprint density at radius 2 is 1.41 bits per heavy atom. The molecule has 0 aliphatic rings. The summed E-state index contributed by atoms with van der Waals surface area (Å²) in [6.07, 6.45) is -15.2. The van der Waals surface area contributed by atoms with Crippen molar-refractivity contribution in [3.63, 3.8) is 0 Å². The van der Waals surface area contributed by atoms with Crippen molar-refractivity contribution in [2.24, 2.45) is 0 Å². The van der Waals surface area contributed by atoms with Gasteiger partial charge in [-0.15, -0.1) is 0 Å². The number of alkyl halides is 9. The van der Waals surface area contributed by atoms with Crippen molar-refractivity contribution in [3.8, 4) is 0 Å². The van der Waals surface area contributed by atoms with Crippen LogP contribution in [0.15, 0.2) is 36.4 Å². The number of nitrogens with one attached hydrogen (secondary N) is 2. The number of carbonyl (C=O) groups excluding carboxylic acids is 1. The molecule has 2 atom stereocenters. The Bertz CT molecular complexity index is 1130. The topological polar surface area (TPSA) is 78.4 Å². The molecule has 0 spiro atoms. The Morgan fingerprint density at radius 3 is 1.84 bits per heavy atom. The van der Waals surface area contributed by atoms with Gasteiger partial charge < -0.3 is 15.7 Å². The van der Waals surface area contributed by atoms with Crippen molar-refractivity contribution in [3.05, 3.63) is 64.2 Å². The maximum atomic E-state index is 13.8. The molecule has 0 heterocycles. The maximum Gasteiger partial charge on any atom is 0.423 e. The van der Waals surface area contributed by atoms with Gasteiger partial charge in [-0.3, -0.25) is 9.00 Å². The molecule has 0 aromatic heterocycles. The van der Waals surface area contributed by atoms with E-state index in [1.807, 2.05) is 0 Å². The number of rotatable bonds is 8. The average Bonchev–Trinajstić information content (AvgIpc) is 2.74. The van der Waals surface area contributed by atoms with Gasteiger partial charge in [0.2, 0.25) is 11.5 Å². The third-order valence-corrected chi connectivity index (χ3v) is 5.90.